The van der Waals surface area contributed by atoms with Crippen LogP contribution in [0.4, 0.5) is 0 Å². The van der Waals surface area contributed by atoms with Crippen molar-refractivity contribution in [1.29, 1.82) is 0 Å². The fourth-order valence-electron chi connectivity index (χ4n) is 1.23. The minimum absolute atomic E-state index is 0.163. The number of carbonyl (C=O) groups is 1. The average molecular weight is 207 g/mol. The quantitative estimate of drug-likeness (QED) is 0.783. The highest BCUT2D eigenvalue weighted by Crippen LogP contribution is 2.20. The Hall–Kier alpha value is -2.11. The minimum atomic E-state index is -0.943. The SMILES string of the molecule is Cc1[nH]ncc1-c1ncc(CC(=O)O)o1. The summed E-state index contributed by atoms with van der Waals surface area (Å²) in [7, 11) is 0. The van der Waals surface area contributed by atoms with E-state index in [1.54, 1.807) is 6.20 Å². The van der Waals surface area contributed by atoms with Crippen molar-refractivity contribution in [1.82, 2.24) is 15.2 Å². The van der Waals surface area contributed by atoms with E-state index >= 15 is 0 Å². The largest absolute Gasteiger partial charge is 0.481 e. The topological polar surface area (TPSA) is 92.0 Å². The number of H-pyrrole nitrogens is 1. The van der Waals surface area contributed by atoms with E-state index in [0.29, 0.717) is 11.7 Å². The number of carboxylic acids is 1. The molecule has 78 valence electrons. The van der Waals surface area contributed by atoms with Crippen molar-refractivity contribution in [2.75, 3.05) is 0 Å². The predicted molar refractivity (Wildman–Crippen MR) is 50.2 cm³/mol. The van der Waals surface area contributed by atoms with Crippen molar-refractivity contribution in [2.45, 2.75) is 13.3 Å². The highest BCUT2D eigenvalue weighted by Gasteiger charge is 2.12. The third kappa shape index (κ3) is 1.88. The highest BCUT2D eigenvalue weighted by atomic mass is 16.4. The van der Waals surface area contributed by atoms with Gasteiger partial charge in [-0.25, -0.2) is 4.98 Å². The first-order valence-corrected chi connectivity index (χ1v) is 4.33. The molecule has 0 amide bonds. The third-order valence-corrected chi connectivity index (χ3v) is 1.94. The first-order chi connectivity index (χ1) is 7.16. The van der Waals surface area contributed by atoms with Crippen molar-refractivity contribution >= 4 is 5.97 Å². The highest BCUT2D eigenvalue weighted by molar-refractivity contribution is 5.69. The van der Waals surface area contributed by atoms with Crippen molar-refractivity contribution in [3.63, 3.8) is 0 Å². The van der Waals surface area contributed by atoms with E-state index in [9.17, 15) is 4.79 Å². The molecule has 0 aliphatic heterocycles. The van der Waals surface area contributed by atoms with Gasteiger partial charge in [-0.1, -0.05) is 0 Å². The van der Waals surface area contributed by atoms with E-state index in [0.717, 1.165) is 11.3 Å². The number of oxazole rings is 1. The summed E-state index contributed by atoms with van der Waals surface area (Å²) in [5.41, 5.74) is 1.57. The molecule has 15 heavy (non-hydrogen) atoms. The van der Waals surface area contributed by atoms with Gasteiger partial charge in [0.15, 0.2) is 0 Å². The van der Waals surface area contributed by atoms with Crippen LogP contribution in [0.25, 0.3) is 11.5 Å². The molecule has 0 aliphatic carbocycles. The first kappa shape index (κ1) is 9.45. The van der Waals surface area contributed by atoms with Crippen LogP contribution in [0.2, 0.25) is 0 Å². The standard InChI is InChI=1S/C9H9N3O3/c1-5-7(4-11-12-5)9-10-3-6(15-9)2-8(13)14/h3-4H,2H2,1H3,(H,11,12)(H,13,14). The maximum atomic E-state index is 10.4. The normalized spacial score (nSPS) is 10.5. The smallest absolute Gasteiger partial charge is 0.311 e. The number of rotatable bonds is 3. The lowest BCUT2D eigenvalue weighted by molar-refractivity contribution is -0.136. The second-order valence-electron chi connectivity index (χ2n) is 3.11. The summed E-state index contributed by atoms with van der Waals surface area (Å²) in [6.45, 7) is 1.84. The van der Waals surface area contributed by atoms with Gasteiger partial charge in [-0.2, -0.15) is 5.10 Å². The number of nitrogens with zero attached hydrogens (tertiary/aromatic N) is 2. The Bertz CT molecular complexity index is 486. The Labute approximate surface area is 85.0 Å². The van der Waals surface area contributed by atoms with Gasteiger partial charge in [0.2, 0.25) is 5.89 Å². The molecular weight excluding hydrogens is 198 g/mol. The molecule has 0 fully saturated rings. The molecule has 2 aromatic rings. The van der Waals surface area contributed by atoms with Crippen molar-refractivity contribution < 1.29 is 14.3 Å². The lowest BCUT2D eigenvalue weighted by atomic mass is 10.3. The Morgan fingerprint density at radius 1 is 1.60 bits per heavy atom. The third-order valence-electron chi connectivity index (χ3n) is 1.94. The van der Waals surface area contributed by atoms with Gasteiger partial charge in [0.1, 0.15) is 12.2 Å². The molecule has 0 spiro atoms. The van der Waals surface area contributed by atoms with Crippen LogP contribution >= 0.6 is 0 Å². The molecule has 6 nitrogen and oxygen atoms in total. The lowest BCUT2D eigenvalue weighted by Gasteiger charge is -1.91. The molecule has 2 heterocycles. The van der Waals surface area contributed by atoms with Crippen LogP contribution in [0.15, 0.2) is 16.8 Å². The zero-order valence-corrected chi connectivity index (χ0v) is 8.02. The maximum absolute atomic E-state index is 10.4. The molecule has 0 aromatic carbocycles. The van der Waals surface area contributed by atoms with E-state index in [1.165, 1.54) is 6.20 Å². The second kappa shape index (κ2) is 3.56. The van der Waals surface area contributed by atoms with Crippen molar-refractivity contribution in [3.8, 4) is 11.5 Å². The molecule has 0 unspecified atom stereocenters. The van der Waals surface area contributed by atoms with Gasteiger partial charge in [-0.3, -0.25) is 9.89 Å². The van der Waals surface area contributed by atoms with Crippen LogP contribution in [0.5, 0.6) is 0 Å². The number of aromatic nitrogens is 3. The molecule has 0 saturated carbocycles. The summed E-state index contributed by atoms with van der Waals surface area (Å²) in [5, 5.41) is 15.1. The zero-order valence-electron chi connectivity index (χ0n) is 8.02. The van der Waals surface area contributed by atoms with Gasteiger partial charge < -0.3 is 9.52 Å². The van der Waals surface area contributed by atoms with E-state index in [4.69, 9.17) is 9.52 Å². The lowest BCUT2D eigenvalue weighted by Crippen LogP contribution is -1.97. The van der Waals surface area contributed by atoms with Gasteiger partial charge in [0, 0.05) is 5.69 Å². The van der Waals surface area contributed by atoms with Crippen LogP contribution in [0, 0.1) is 6.92 Å². The van der Waals surface area contributed by atoms with Gasteiger partial charge >= 0.3 is 5.97 Å². The van der Waals surface area contributed by atoms with Crippen molar-refractivity contribution in [3.05, 3.63) is 23.8 Å². The van der Waals surface area contributed by atoms with Crippen molar-refractivity contribution in [2.24, 2.45) is 0 Å². The summed E-state index contributed by atoms with van der Waals surface area (Å²) < 4.78 is 5.27. The molecule has 2 aromatic heterocycles. The van der Waals surface area contributed by atoms with E-state index < -0.39 is 5.97 Å². The summed E-state index contributed by atoms with van der Waals surface area (Å²) in [4.78, 5) is 14.4. The molecule has 2 rings (SSSR count). The zero-order chi connectivity index (χ0) is 10.8. The molecule has 0 radical (unpaired) electrons. The molecule has 0 atom stereocenters. The fourth-order valence-corrected chi connectivity index (χ4v) is 1.23. The predicted octanol–water partition coefficient (Wildman–Crippen LogP) is 1.00. The molecule has 6 heteroatoms. The number of hydrogen-bond acceptors (Lipinski definition) is 4. The van der Waals surface area contributed by atoms with E-state index in [1.807, 2.05) is 6.92 Å². The summed E-state index contributed by atoms with van der Waals surface area (Å²) in [6, 6.07) is 0. The van der Waals surface area contributed by atoms with Crippen LogP contribution in [0.1, 0.15) is 11.5 Å². The van der Waals surface area contributed by atoms with E-state index in [2.05, 4.69) is 15.2 Å². The Morgan fingerprint density at radius 2 is 2.40 bits per heavy atom. The number of hydrogen-bond donors (Lipinski definition) is 2. The first-order valence-electron chi connectivity index (χ1n) is 4.33. The van der Waals surface area contributed by atoms with Gasteiger partial charge in [-0.15, -0.1) is 0 Å². The number of aromatic amines is 1. The molecular formula is C9H9N3O3. The maximum Gasteiger partial charge on any atom is 0.311 e. The fraction of sp³-hybridized carbons (Fsp3) is 0.222. The summed E-state index contributed by atoms with van der Waals surface area (Å²) >= 11 is 0. The second-order valence-corrected chi connectivity index (χ2v) is 3.11. The van der Waals surface area contributed by atoms with Crippen LogP contribution in [-0.4, -0.2) is 26.3 Å². The molecule has 0 bridgehead atoms. The van der Waals surface area contributed by atoms with Gasteiger partial charge in [-0.05, 0) is 6.92 Å². The van der Waals surface area contributed by atoms with Crippen LogP contribution in [0.3, 0.4) is 0 Å². The van der Waals surface area contributed by atoms with Crippen LogP contribution < -0.4 is 0 Å². The number of nitrogens with one attached hydrogen (secondary N) is 1. The monoisotopic (exact) mass is 207 g/mol. The van der Waals surface area contributed by atoms with E-state index in [-0.39, 0.29) is 6.42 Å². The Kier molecular flexibility index (Phi) is 2.24. The number of aryl methyl sites for hydroxylation is 1. The van der Waals surface area contributed by atoms with Crippen LogP contribution in [-0.2, 0) is 11.2 Å². The van der Waals surface area contributed by atoms with Gasteiger partial charge in [0.05, 0.1) is 18.0 Å². The minimum Gasteiger partial charge on any atom is -0.481 e. The summed E-state index contributed by atoms with van der Waals surface area (Å²) in [5.74, 6) is -0.225. The van der Waals surface area contributed by atoms with Gasteiger partial charge in [0.25, 0.3) is 0 Å². The Morgan fingerprint density at radius 3 is 3.00 bits per heavy atom. The summed E-state index contributed by atoms with van der Waals surface area (Å²) in [6.07, 6.45) is 2.84. The molecule has 0 saturated heterocycles. The Balaban J connectivity index is 2.28. The molecule has 2 N–H and O–H groups in total. The number of carboxylic acid groups (broad SMARTS) is 1. The average Bonchev–Trinajstić information content (AvgIpc) is 2.72. The molecule has 0 aliphatic rings. The number of aliphatic carboxylic acids is 1.